The van der Waals surface area contributed by atoms with Crippen LogP contribution in [0, 0.1) is 11.3 Å². The number of anilines is 1. The fraction of sp³-hybridized carbons (Fsp3) is 0.0400. The minimum absolute atomic E-state index is 0.0382. The Morgan fingerprint density at radius 2 is 1.48 bits per heavy atom. The summed E-state index contributed by atoms with van der Waals surface area (Å²) in [6.07, 6.45) is -3.05. The SMILES string of the molecule is N#C/C(=C\c1c2ccccc2cc2ccccc12)C(=O)Nc1cccc(C(F)(F)F)c1. The van der Waals surface area contributed by atoms with Crippen molar-refractivity contribution in [3.63, 3.8) is 0 Å². The first-order chi connectivity index (χ1) is 14.9. The number of carbonyl (C=O) groups is 1. The molecule has 1 amide bonds. The first kappa shape index (κ1) is 20.2. The van der Waals surface area contributed by atoms with E-state index in [4.69, 9.17) is 0 Å². The van der Waals surface area contributed by atoms with Gasteiger partial charge in [0.05, 0.1) is 5.56 Å². The lowest BCUT2D eigenvalue weighted by Gasteiger charge is -2.11. The van der Waals surface area contributed by atoms with E-state index in [0.29, 0.717) is 5.56 Å². The van der Waals surface area contributed by atoms with E-state index >= 15 is 0 Å². The summed E-state index contributed by atoms with van der Waals surface area (Å²) >= 11 is 0. The van der Waals surface area contributed by atoms with E-state index in [9.17, 15) is 23.2 Å². The van der Waals surface area contributed by atoms with Gasteiger partial charge < -0.3 is 5.32 Å². The fourth-order valence-corrected chi connectivity index (χ4v) is 3.47. The number of alkyl halides is 3. The number of halogens is 3. The topological polar surface area (TPSA) is 52.9 Å². The summed E-state index contributed by atoms with van der Waals surface area (Å²) < 4.78 is 38.8. The number of nitrogens with one attached hydrogen (secondary N) is 1. The number of carbonyl (C=O) groups excluding carboxylic acids is 1. The molecule has 4 aromatic carbocycles. The second kappa shape index (κ2) is 7.96. The molecular weight excluding hydrogens is 401 g/mol. The van der Waals surface area contributed by atoms with Gasteiger partial charge in [-0.1, -0.05) is 54.6 Å². The average molecular weight is 416 g/mol. The lowest BCUT2D eigenvalue weighted by molar-refractivity contribution is -0.137. The normalized spacial score (nSPS) is 12.0. The predicted octanol–water partition coefficient (Wildman–Crippen LogP) is 6.56. The highest BCUT2D eigenvalue weighted by Crippen LogP contribution is 2.32. The van der Waals surface area contributed by atoms with Gasteiger partial charge in [-0.05, 0) is 57.4 Å². The molecular formula is C25H15F3N2O. The van der Waals surface area contributed by atoms with Gasteiger partial charge in [-0.2, -0.15) is 18.4 Å². The van der Waals surface area contributed by atoms with Gasteiger partial charge in [0.2, 0.25) is 0 Å². The highest BCUT2D eigenvalue weighted by atomic mass is 19.4. The first-order valence-electron chi connectivity index (χ1n) is 9.38. The zero-order valence-corrected chi connectivity index (χ0v) is 16.1. The molecule has 0 spiro atoms. The van der Waals surface area contributed by atoms with Crippen molar-refractivity contribution >= 4 is 39.2 Å². The zero-order chi connectivity index (χ0) is 22.0. The predicted molar refractivity (Wildman–Crippen MR) is 115 cm³/mol. The highest BCUT2D eigenvalue weighted by Gasteiger charge is 2.30. The van der Waals surface area contributed by atoms with Crippen molar-refractivity contribution in [3.8, 4) is 6.07 Å². The van der Waals surface area contributed by atoms with Crippen LogP contribution in [0.2, 0.25) is 0 Å². The molecule has 152 valence electrons. The number of nitrogens with zero attached hydrogens (tertiary/aromatic N) is 1. The monoisotopic (exact) mass is 416 g/mol. The van der Waals surface area contributed by atoms with Crippen LogP contribution in [-0.4, -0.2) is 5.91 Å². The number of nitriles is 1. The van der Waals surface area contributed by atoms with Crippen molar-refractivity contribution in [2.75, 3.05) is 5.32 Å². The second-order valence-corrected chi connectivity index (χ2v) is 6.94. The Hall–Kier alpha value is -4.11. The molecule has 0 radical (unpaired) electrons. The molecule has 0 bridgehead atoms. The number of hydrogen-bond acceptors (Lipinski definition) is 2. The molecule has 6 heteroatoms. The number of hydrogen-bond donors (Lipinski definition) is 1. The molecule has 0 aliphatic heterocycles. The number of benzene rings is 4. The lowest BCUT2D eigenvalue weighted by Crippen LogP contribution is -2.14. The van der Waals surface area contributed by atoms with Crippen LogP contribution < -0.4 is 5.32 Å². The van der Waals surface area contributed by atoms with Gasteiger partial charge in [0.15, 0.2) is 0 Å². The quantitative estimate of drug-likeness (QED) is 0.234. The summed E-state index contributed by atoms with van der Waals surface area (Å²) in [6, 6.07) is 23.4. The number of rotatable bonds is 3. The van der Waals surface area contributed by atoms with Crippen molar-refractivity contribution in [2.24, 2.45) is 0 Å². The summed E-state index contributed by atoms with van der Waals surface area (Å²) in [4.78, 5) is 12.7. The Balaban J connectivity index is 1.78. The van der Waals surface area contributed by atoms with E-state index in [-0.39, 0.29) is 11.3 Å². The fourth-order valence-electron chi connectivity index (χ4n) is 3.47. The summed E-state index contributed by atoms with van der Waals surface area (Å²) in [5.74, 6) is -0.779. The van der Waals surface area contributed by atoms with Crippen LogP contribution in [0.1, 0.15) is 11.1 Å². The van der Waals surface area contributed by atoms with Gasteiger partial charge in [-0.25, -0.2) is 0 Å². The van der Waals surface area contributed by atoms with Gasteiger partial charge in [0.1, 0.15) is 11.6 Å². The van der Waals surface area contributed by atoms with Crippen molar-refractivity contribution in [1.29, 1.82) is 5.26 Å². The minimum Gasteiger partial charge on any atom is -0.321 e. The maximum absolute atomic E-state index is 12.9. The molecule has 0 saturated heterocycles. The molecule has 0 unspecified atom stereocenters. The molecule has 0 atom stereocenters. The maximum Gasteiger partial charge on any atom is 0.416 e. The molecule has 0 aromatic heterocycles. The molecule has 4 aromatic rings. The van der Waals surface area contributed by atoms with Crippen LogP contribution in [0.15, 0.2) is 84.4 Å². The van der Waals surface area contributed by atoms with E-state index in [1.165, 1.54) is 18.2 Å². The minimum atomic E-state index is -4.53. The third kappa shape index (κ3) is 4.12. The van der Waals surface area contributed by atoms with Gasteiger partial charge in [0.25, 0.3) is 5.91 Å². The van der Waals surface area contributed by atoms with Crippen LogP contribution >= 0.6 is 0 Å². The summed E-state index contributed by atoms with van der Waals surface area (Å²) in [5.41, 5.74) is -0.431. The van der Waals surface area contributed by atoms with Crippen molar-refractivity contribution in [3.05, 3.63) is 95.6 Å². The smallest absolute Gasteiger partial charge is 0.321 e. The second-order valence-electron chi connectivity index (χ2n) is 6.94. The molecule has 0 saturated carbocycles. The third-order valence-electron chi connectivity index (χ3n) is 4.91. The Morgan fingerprint density at radius 3 is 2.06 bits per heavy atom. The molecule has 3 nitrogen and oxygen atoms in total. The lowest BCUT2D eigenvalue weighted by atomic mass is 9.95. The summed E-state index contributed by atoms with van der Waals surface area (Å²) in [6.45, 7) is 0. The highest BCUT2D eigenvalue weighted by molar-refractivity contribution is 6.14. The Kier molecular flexibility index (Phi) is 5.18. The van der Waals surface area contributed by atoms with Crippen LogP contribution in [0.3, 0.4) is 0 Å². The van der Waals surface area contributed by atoms with Gasteiger partial charge in [-0.3, -0.25) is 4.79 Å². The van der Waals surface area contributed by atoms with Gasteiger partial charge in [-0.15, -0.1) is 0 Å². The van der Waals surface area contributed by atoms with Gasteiger partial charge in [0, 0.05) is 5.69 Å². The van der Waals surface area contributed by atoms with E-state index in [0.717, 1.165) is 33.7 Å². The van der Waals surface area contributed by atoms with Crippen LogP contribution in [-0.2, 0) is 11.0 Å². The Labute approximate surface area is 176 Å². The molecule has 0 aliphatic carbocycles. The number of amides is 1. The van der Waals surface area contributed by atoms with Crippen LogP contribution in [0.25, 0.3) is 27.6 Å². The van der Waals surface area contributed by atoms with E-state index < -0.39 is 17.6 Å². The largest absolute Gasteiger partial charge is 0.416 e. The zero-order valence-electron chi connectivity index (χ0n) is 16.1. The molecule has 31 heavy (non-hydrogen) atoms. The molecule has 0 fully saturated rings. The van der Waals surface area contributed by atoms with E-state index in [1.54, 1.807) is 0 Å². The van der Waals surface area contributed by atoms with Gasteiger partial charge >= 0.3 is 6.18 Å². The van der Waals surface area contributed by atoms with Crippen LogP contribution in [0.5, 0.6) is 0 Å². The van der Waals surface area contributed by atoms with Crippen molar-refractivity contribution < 1.29 is 18.0 Å². The standard InChI is InChI=1S/C25H15F3N2O/c26-25(27,28)19-8-5-9-20(14-19)30-24(31)18(15-29)13-23-21-10-3-1-6-16(21)12-17-7-2-4-11-22(17)23/h1-14H,(H,30,31)/b18-13+. The Morgan fingerprint density at radius 1 is 0.871 bits per heavy atom. The summed E-state index contributed by atoms with van der Waals surface area (Å²) in [7, 11) is 0. The molecule has 4 rings (SSSR count). The van der Waals surface area contributed by atoms with Crippen molar-refractivity contribution in [2.45, 2.75) is 6.18 Å². The Bertz CT molecular complexity index is 1330. The summed E-state index contributed by atoms with van der Waals surface area (Å²) in [5, 5.41) is 15.6. The first-order valence-corrected chi connectivity index (χ1v) is 9.38. The maximum atomic E-state index is 12.9. The molecule has 1 N–H and O–H groups in total. The average Bonchev–Trinajstić information content (AvgIpc) is 2.76. The van der Waals surface area contributed by atoms with Crippen LogP contribution in [0.4, 0.5) is 18.9 Å². The molecule has 0 heterocycles. The third-order valence-corrected chi connectivity index (χ3v) is 4.91. The molecule has 0 aliphatic rings. The van der Waals surface area contributed by atoms with Crippen molar-refractivity contribution in [1.82, 2.24) is 0 Å². The number of fused-ring (bicyclic) bond motifs is 2. The van der Waals surface area contributed by atoms with E-state index in [2.05, 4.69) is 5.32 Å². The van der Waals surface area contributed by atoms with E-state index in [1.807, 2.05) is 60.7 Å².